The molecule has 0 fully saturated rings. The Bertz CT molecular complexity index is 1140. The van der Waals surface area contributed by atoms with Gasteiger partial charge in [0.05, 0.1) is 24.0 Å². The number of nitrogens with zero attached hydrogens (tertiary/aromatic N) is 4. The zero-order valence-corrected chi connectivity index (χ0v) is 16.3. The van der Waals surface area contributed by atoms with Gasteiger partial charge in [-0.15, -0.1) is 0 Å². The van der Waals surface area contributed by atoms with Crippen molar-refractivity contribution in [3.63, 3.8) is 0 Å². The van der Waals surface area contributed by atoms with E-state index in [4.69, 9.17) is 4.74 Å². The molecule has 0 saturated carbocycles. The maximum absolute atomic E-state index is 13.0. The molecule has 7 nitrogen and oxygen atoms in total. The summed E-state index contributed by atoms with van der Waals surface area (Å²) >= 11 is 0. The number of aromatic amines is 1. The molecule has 0 aliphatic rings. The van der Waals surface area contributed by atoms with E-state index < -0.39 is 0 Å². The molecule has 0 unspecified atom stereocenters. The number of hydrogen-bond acceptors (Lipinski definition) is 5. The van der Waals surface area contributed by atoms with E-state index in [-0.39, 0.29) is 5.91 Å². The predicted octanol–water partition coefficient (Wildman–Crippen LogP) is 3.69. The number of benzene rings is 2. The average molecular weight is 387 g/mol. The molecule has 1 N–H and O–H groups in total. The number of amides is 1. The van der Waals surface area contributed by atoms with Gasteiger partial charge in [0.25, 0.3) is 5.91 Å². The summed E-state index contributed by atoms with van der Waals surface area (Å²) in [4.78, 5) is 14.7. The highest BCUT2D eigenvalue weighted by Crippen LogP contribution is 2.30. The molecule has 4 aromatic rings. The Morgan fingerprint density at radius 1 is 1.17 bits per heavy atom. The van der Waals surface area contributed by atoms with Gasteiger partial charge in [-0.3, -0.25) is 9.89 Å². The van der Waals surface area contributed by atoms with Crippen molar-refractivity contribution in [2.45, 2.75) is 13.5 Å². The second-order valence-electron chi connectivity index (χ2n) is 6.67. The van der Waals surface area contributed by atoms with Crippen LogP contribution in [-0.2, 0) is 6.54 Å². The predicted molar refractivity (Wildman–Crippen MR) is 111 cm³/mol. The van der Waals surface area contributed by atoms with E-state index in [9.17, 15) is 4.79 Å². The highest BCUT2D eigenvalue weighted by atomic mass is 16.5. The van der Waals surface area contributed by atoms with Crippen molar-refractivity contribution < 1.29 is 9.53 Å². The van der Waals surface area contributed by atoms with Crippen molar-refractivity contribution in [1.82, 2.24) is 25.3 Å². The first kappa shape index (κ1) is 18.6. The highest BCUT2D eigenvalue weighted by molar-refractivity contribution is 5.95. The molecule has 0 radical (unpaired) electrons. The summed E-state index contributed by atoms with van der Waals surface area (Å²) in [5.74, 6) is 0.524. The molecular formula is C22H21N5O2. The largest absolute Gasteiger partial charge is 0.493 e. The molecule has 0 atom stereocenters. The molecular weight excluding hydrogens is 366 g/mol. The highest BCUT2D eigenvalue weighted by Gasteiger charge is 2.17. The number of rotatable bonds is 6. The van der Waals surface area contributed by atoms with Crippen molar-refractivity contribution in [3.05, 3.63) is 72.1 Å². The van der Waals surface area contributed by atoms with Crippen LogP contribution in [0.25, 0.3) is 22.2 Å². The van der Waals surface area contributed by atoms with Crippen LogP contribution in [-0.4, -0.2) is 44.9 Å². The number of carbonyl (C=O) groups excluding carboxylic acids is 1. The zero-order valence-electron chi connectivity index (χ0n) is 16.3. The van der Waals surface area contributed by atoms with Gasteiger partial charge in [0, 0.05) is 36.3 Å². The molecule has 146 valence electrons. The molecule has 1 amide bonds. The monoisotopic (exact) mass is 387 g/mol. The average Bonchev–Trinajstić information content (AvgIpc) is 3.24. The fourth-order valence-electron chi connectivity index (χ4n) is 3.30. The van der Waals surface area contributed by atoms with Crippen LogP contribution >= 0.6 is 0 Å². The van der Waals surface area contributed by atoms with Crippen LogP contribution in [0.1, 0.15) is 22.8 Å². The van der Waals surface area contributed by atoms with Gasteiger partial charge in [0.15, 0.2) is 0 Å². The second-order valence-corrected chi connectivity index (χ2v) is 6.67. The molecule has 0 spiro atoms. The smallest absolute Gasteiger partial charge is 0.254 e. The molecule has 2 heterocycles. The number of fused-ring (bicyclic) bond motifs is 1. The number of ether oxygens (including phenoxy) is 1. The second kappa shape index (κ2) is 8.10. The number of H-pyrrole nitrogens is 1. The summed E-state index contributed by atoms with van der Waals surface area (Å²) < 4.78 is 5.78. The summed E-state index contributed by atoms with van der Waals surface area (Å²) in [6, 6.07) is 15.0. The Balaban J connectivity index is 1.61. The number of hydrogen-bond donors (Lipinski definition) is 1. The molecule has 0 bridgehead atoms. The minimum atomic E-state index is -0.0897. The van der Waals surface area contributed by atoms with E-state index in [1.165, 1.54) is 0 Å². The third kappa shape index (κ3) is 3.80. The molecule has 0 saturated heterocycles. The van der Waals surface area contributed by atoms with Crippen molar-refractivity contribution in [3.8, 4) is 17.0 Å². The summed E-state index contributed by atoms with van der Waals surface area (Å²) in [7, 11) is 1.79. The van der Waals surface area contributed by atoms with Crippen LogP contribution in [0.5, 0.6) is 5.75 Å². The maximum atomic E-state index is 13.0. The summed E-state index contributed by atoms with van der Waals surface area (Å²) in [5, 5.41) is 16.2. The fourth-order valence-corrected chi connectivity index (χ4v) is 3.30. The SMILES string of the molecule is CCOc1cc(C(=O)N(C)Cc2cccc3cn[nH]c23)ccc1-c1cccnn1. The van der Waals surface area contributed by atoms with E-state index in [2.05, 4.69) is 20.4 Å². The molecule has 0 aliphatic heterocycles. The lowest BCUT2D eigenvalue weighted by Crippen LogP contribution is -2.26. The Labute approximate surface area is 168 Å². The van der Waals surface area contributed by atoms with Gasteiger partial charge in [0.1, 0.15) is 5.75 Å². The molecule has 0 aliphatic carbocycles. The van der Waals surface area contributed by atoms with Crippen LogP contribution in [0.2, 0.25) is 0 Å². The van der Waals surface area contributed by atoms with Gasteiger partial charge in [-0.05, 0) is 42.8 Å². The van der Waals surface area contributed by atoms with Gasteiger partial charge >= 0.3 is 0 Å². The Morgan fingerprint density at radius 3 is 2.86 bits per heavy atom. The van der Waals surface area contributed by atoms with Gasteiger partial charge in [-0.1, -0.05) is 18.2 Å². The van der Waals surface area contributed by atoms with Crippen LogP contribution in [0, 0.1) is 0 Å². The molecule has 2 aromatic heterocycles. The Hall–Kier alpha value is -3.74. The summed E-state index contributed by atoms with van der Waals surface area (Å²) in [5.41, 5.74) is 4.02. The van der Waals surface area contributed by atoms with E-state index in [1.807, 2.05) is 43.3 Å². The summed E-state index contributed by atoms with van der Waals surface area (Å²) in [6.07, 6.45) is 3.40. The lowest BCUT2D eigenvalue weighted by molar-refractivity contribution is 0.0785. The van der Waals surface area contributed by atoms with E-state index in [1.54, 1.807) is 36.5 Å². The van der Waals surface area contributed by atoms with Crippen molar-refractivity contribution in [1.29, 1.82) is 0 Å². The number of carbonyl (C=O) groups is 1. The molecule has 7 heteroatoms. The topological polar surface area (TPSA) is 84.0 Å². The number of aromatic nitrogens is 4. The van der Waals surface area contributed by atoms with Gasteiger partial charge in [0.2, 0.25) is 0 Å². The van der Waals surface area contributed by atoms with E-state index >= 15 is 0 Å². The Morgan fingerprint density at radius 2 is 2.07 bits per heavy atom. The number of nitrogens with one attached hydrogen (secondary N) is 1. The molecule has 2 aromatic carbocycles. The van der Waals surface area contributed by atoms with Crippen LogP contribution in [0.15, 0.2) is 60.9 Å². The third-order valence-electron chi connectivity index (χ3n) is 4.69. The first-order valence-electron chi connectivity index (χ1n) is 9.38. The standard InChI is InChI=1S/C22H21N5O2/c1-3-29-20-12-15(9-10-18(20)19-8-5-11-23-25-19)22(28)27(2)14-17-7-4-6-16-13-24-26-21(16)17/h4-13H,3,14H2,1-2H3,(H,24,26). The van der Waals surface area contributed by atoms with Gasteiger partial charge in [-0.2, -0.15) is 15.3 Å². The number of para-hydroxylation sites is 1. The lowest BCUT2D eigenvalue weighted by Gasteiger charge is -2.19. The van der Waals surface area contributed by atoms with Crippen LogP contribution < -0.4 is 4.74 Å². The van der Waals surface area contributed by atoms with E-state index in [0.717, 1.165) is 22.0 Å². The Kier molecular flexibility index (Phi) is 5.20. The quantitative estimate of drug-likeness (QED) is 0.545. The van der Waals surface area contributed by atoms with Crippen molar-refractivity contribution in [2.75, 3.05) is 13.7 Å². The minimum Gasteiger partial charge on any atom is -0.493 e. The van der Waals surface area contributed by atoms with Crippen LogP contribution in [0.3, 0.4) is 0 Å². The molecule has 4 rings (SSSR count). The first-order chi connectivity index (χ1) is 14.2. The fraction of sp³-hybridized carbons (Fsp3) is 0.182. The van der Waals surface area contributed by atoms with E-state index in [0.29, 0.717) is 30.2 Å². The first-order valence-corrected chi connectivity index (χ1v) is 9.38. The third-order valence-corrected chi connectivity index (χ3v) is 4.69. The maximum Gasteiger partial charge on any atom is 0.254 e. The van der Waals surface area contributed by atoms with Crippen LogP contribution in [0.4, 0.5) is 0 Å². The zero-order chi connectivity index (χ0) is 20.2. The minimum absolute atomic E-state index is 0.0897. The van der Waals surface area contributed by atoms with Crippen molar-refractivity contribution in [2.24, 2.45) is 0 Å². The van der Waals surface area contributed by atoms with Gasteiger partial charge < -0.3 is 9.64 Å². The normalized spacial score (nSPS) is 10.8. The molecule has 29 heavy (non-hydrogen) atoms. The van der Waals surface area contributed by atoms with Gasteiger partial charge in [-0.25, -0.2) is 0 Å². The lowest BCUT2D eigenvalue weighted by atomic mass is 10.1. The van der Waals surface area contributed by atoms with Crippen molar-refractivity contribution >= 4 is 16.8 Å². The summed E-state index contributed by atoms with van der Waals surface area (Å²) in [6.45, 7) is 2.86.